The van der Waals surface area contributed by atoms with Crippen LogP contribution in [0.3, 0.4) is 0 Å². The summed E-state index contributed by atoms with van der Waals surface area (Å²) >= 11 is 0. The molecule has 0 saturated heterocycles. The lowest BCUT2D eigenvalue weighted by molar-refractivity contribution is 0.0810. The maximum Gasteiger partial charge on any atom is 0.250 e. The summed E-state index contributed by atoms with van der Waals surface area (Å²) in [6.45, 7) is 14.3. The second kappa shape index (κ2) is 7.27. The topological polar surface area (TPSA) is 29.5 Å². The Morgan fingerprint density at radius 2 is 1.93 bits per heavy atom. The van der Waals surface area contributed by atoms with Gasteiger partial charge in [0.15, 0.2) is 0 Å². The van der Waals surface area contributed by atoms with Crippen molar-refractivity contribution in [3.05, 3.63) is 41.0 Å². The Morgan fingerprint density at radius 1 is 1.17 bits per heavy atom. The second-order valence-corrected chi connectivity index (χ2v) is 16.3. The van der Waals surface area contributed by atoms with Crippen molar-refractivity contribution in [2.75, 3.05) is 6.61 Å². The van der Waals surface area contributed by atoms with Crippen molar-refractivity contribution in [2.45, 2.75) is 90.3 Å². The summed E-state index contributed by atoms with van der Waals surface area (Å²) in [5.41, 5.74) is 5.00. The molecule has 1 aromatic rings. The molecule has 1 N–H and O–H groups in total. The normalized spacial score (nSPS) is 33.2. The van der Waals surface area contributed by atoms with E-state index in [1.165, 1.54) is 49.7 Å². The molecular formula is C26H40O2Si. The van der Waals surface area contributed by atoms with Gasteiger partial charge in [0, 0.05) is 0 Å². The van der Waals surface area contributed by atoms with Crippen LogP contribution in [0.4, 0.5) is 0 Å². The molecule has 2 saturated carbocycles. The molecule has 0 heterocycles. The van der Waals surface area contributed by atoms with Crippen molar-refractivity contribution < 1.29 is 9.53 Å². The zero-order chi connectivity index (χ0) is 21.0. The van der Waals surface area contributed by atoms with Gasteiger partial charge in [0.05, 0.1) is 6.61 Å². The molecule has 4 atom stereocenters. The van der Waals surface area contributed by atoms with Crippen LogP contribution in [0.1, 0.15) is 76.8 Å². The van der Waals surface area contributed by atoms with E-state index in [4.69, 9.17) is 4.43 Å². The Bertz CT molecular complexity index is 803. The van der Waals surface area contributed by atoms with Gasteiger partial charge in [-0.2, -0.15) is 0 Å². The van der Waals surface area contributed by atoms with Crippen LogP contribution >= 0.6 is 0 Å². The minimum Gasteiger partial charge on any atom is -0.543 e. The average molecular weight is 413 g/mol. The fraction of sp³-hybridized carbons (Fsp3) is 0.692. The van der Waals surface area contributed by atoms with Crippen LogP contribution in [-0.2, 0) is 6.42 Å². The molecule has 0 spiro atoms. The lowest BCUT2D eigenvalue weighted by Crippen LogP contribution is -2.44. The van der Waals surface area contributed by atoms with Gasteiger partial charge in [-0.05, 0) is 103 Å². The smallest absolute Gasteiger partial charge is 0.250 e. The molecule has 3 aliphatic rings. The average Bonchev–Trinajstić information content (AvgIpc) is 2.97. The van der Waals surface area contributed by atoms with Gasteiger partial charge in [-0.1, -0.05) is 45.4 Å². The van der Waals surface area contributed by atoms with Gasteiger partial charge in [0.25, 0.3) is 0 Å². The van der Waals surface area contributed by atoms with E-state index in [1.54, 1.807) is 5.56 Å². The third-order valence-corrected chi connectivity index (χ3v) is 13.4. The van der Waals surface area contributed by atoms with Crippen LogP contribution < -0.4 is 4.43 Å². The monoisotopic (exact) mass is 412 g/mol. The number of aryl methyl sites for hydroxylation is 1. The molecule has 3 heteroatoms. The number of aliphatic hydroxyl groups excluding tert-OH is 1. The highest BCUT2D eigenvalue weighted by molar-refractivity contribution is 6.74. The van der Waals surface area contributed by atoms with Crippen molar-refractivity contribution in [2.24, 2.45) is 17.3 Å². The van der Waals surface area contributed by atoms with E-state index in [-0.39, 0.29) is 11.6 Å². The van der Waals surface area contributed by atoms with Crippen molar-refractivity contribution in [1.29, 1.82) is 0 Å². The first-order chi connectivity index (χ1) is 13.6. The Labute approximate surface area is 178 Å². The zero-order valence-corrected chi connectivity index (χ0v) is 20.3. The SMILES string of the molecule is CC(C)(C)[Si](C)(C)Oc1ccc2c(c1)CC[C@@H]1[C@@H]2CC[C@]2(C)/C(=C/CO)CC[C@@H]12. The first-order valence-corrected chi connectivity index (χ1v) is 14.6. The fourth-order valence-corrected chi connectivity index (χ4v) is 7.39. The number of benzene rings is 1. The first kappa shape index (κ1) is 21.2. The van der Waals surface area contributed by atoms with Crippen LogP contribution in [0.25, 0.3) is 0 Å². The quantitative estimate of drug-likeness (QED) is 0.435. The summed E-state index contributed by atoms with van der Waals surface area (Å²) in [6.07, 6.45) is 9.68. The van der Waals surface area contributed by atoms with Crippen LogP contribution in [0.15, 0.2) is 29.8 Å². The summed E-state index contributed by atoms with van der Waals surface area (Å²) in [6, 6.07) is 7.02. The third kappa shape index (κ3) is 3.52. The van der Waals surface area contributed by atoms with Crippen LogP contribution in [0.2, 0.25) is 18.1 Å². The molecule has 0 amide bonds. The maximum atomic E-state index is 9.47. The molecule has 0 aliphatic heterocycles. The van der Waals surface area contributed by atoms with E-state index in [0.29, 0.717) is 11.3 Å². The van der Waals surface area contributed by atoms with E-state index in [9.17, 15) is 5.11 Å². The van der Waals surface area contributed by atoms with E-state index in [2.05, 4.69) is 65.1 Å². The van der Waals surface area contributed by atoms with E-state index >= 15 is 0 Å². The summed E-state index contributed by atoms with van der Waals surface area (Å²) in [5.74, 6) is 3.39. The lowest BCUT2D eigenvalue weighted by Gasteiger charge is -2.49. The molecule has 2 nitrogen and oxygen atoms in total. The van der Waals surface area contributed by atoms with Crippen molar-refractivity contribution in [3.8, 4) is 5.75 Å². The molecule has 1 aromatic carbocycles. The lowest BCUT2D eigenvalue weighted by atomic mass is 9.55. The van der Waals surface area contributed by atoms with Crippen LogP contribution in [0.5, 0.6) is 5.75 Å². The zero-order valence-electron chi connectivity index (χ0n) is 19.3. The number of fused-ring (bicyclic) bond motifs is 5. The number of hydrogen-bond acceptors (Lipinski definition) is 2. The van der Waals surface area contributed by atoms with Gasteiger partial charge >= 0.3 is 0 Å². The molecule has 29 heavy (non-hydrogen) atoms. The second-order valence-electron chi connectivity index (χ2n) is 11.5. The van der Waals surface area contributed by atoms with Crippen LogP contribution in [0, 0.1) is 17.3 Å². The molecule has 160 valence electrons. The maximum absolute atomic E-state index is 9.47. The van der Waals surface area contributed by atoms with Gasteiger partial charge < -0.3 is 9.53 Å². The molecule has 0 bridgehead atoms. The third-order valence-electron chi connectivity index (χ3n) is 9.06. The number of aliphatic hydroxyl groups is 1. The highest BCUT2D eigenvalue weighted by Gasteiger charge is 2.52. The van der Waals surface area contributed by atoms with Crippen molar-refractivity contribution in [1.82, 2.24) is 0 Å². The Hall–Kier alpha value is -1.06. The Kier molecular flexibility index (Phi) is 5.31. The predicted octanol–water partition coefficient (Wildman–Crippen LogP) is 6.85. The van der Waals surface area contributed by atoms with E-state index in [0.717, 1.165) is 17.6 Å². The van der Waals surface area contributed by atoms with E-state index in [1.807, 2.05) is 0 Å². The fourth-order valence-electron chi connectivity index (χ4n) is 6.36. The number of hydrogen-bond donors (Lipinski definition) is 1. The van der Waals surface area contributed by atoms with Gasteiger partial charge in [-0.25, -0.2) is 0 Å². The van der Waals surface area contributed by atoms with Gasteiger partial charge in [0.2, 0.25) is 8.32 Å². The van der Waals surface area contributed by atoms with Gasteiger partial charge in [-0.3, -0.25) is 0 Å². The molecule has 2 fully saturated rings. The van der Waals surface area contributed by atoms with Gasteiger partial charge in [0.1, 0.15) is 5.75 Å². The van der Waals surface area contributed by atoms with E-state index < -0.39 is 8.32 Å². The molecule has 0 unspecified atom stereocenters. The summed E-state index contributed by atoms with van der Waals surface area (Å²) in [4.78, 5) is 0. The first-order valence-electron chi connectivity index (χ1n) is 11.7. The minimum absolute atomic E-state index is 0.200. The highest BCUT2D eigenvalue weighted by atomic mass is 28.4. The Morgan fingerprint density at radius 3 is 2.62 bits per heavy atom. The van der Waals surface area contributed by atoms with Crippen molar-refractivity contribution in [3.63, 3.8) is 0 Å². The minimum atomic E-state index is -1.80. The molecule has 4 rings (SSSR count). The largest absolute Gasteiger partial charge is 0.543 e. The van der Waals surface area contributed by atoms with Crippen molar-refractivity contribution >= 4 is 8.32 Å². The number of allylic oxidation sites excluding steroid dienone is 1. The number of rotatable bonds is 3. The summed E-state index contributed by atoms with van der Waals surface area (Å²) < 4.78 is 6.60. The molecule has 0 radical (unpaired) electrons. The predicted molar refractivity (Wildman–Crippen MR) is 124 cm³/mol. The molecule has 0 aromatic heterocycles. The highest BCUT2D eigenvalue weighted by Crippen LogP contribution is 2.62. The summed E-state index contributed by atoms with van der Waals surface area (Å²) in [7, 11) is -1.80. The molecular weight excluding hydrogens is 372 g/mol. The van der Waals surface area contributed by atoms with Crippen LogP contribution in [-0.4, -0.2) is 20.0 Å². The Balaban J connectivity index is 1.58. The molecule has 3 aliphatic carbocycles. The standard InChI is InChI=1S/C26H40O2Si/c1-25(2,3)29(5,6)28-20-9-11-21-18(17-20)7-10-23-22(21)13-15-26(4)19(14-16-27)8-12-24(23)26/h9,11,14,17,22-24,27H,7-8,10,12-13,15-16H2,1-6H3/b19-14+/t22-,23-,24+,26-/m1/s1. The summed E-state index contributed by atoms with van der Waals surface area (Å²) in [5, 5.41) is 9.69. The van der Waals surface area contributed by atoms with Gasteiger partial charge in [-0.15, -0.1) is 0 Å².